The molecule has 0 saturated carbocycles. The van der Waals surface area contributed by atoms with E-state index in [1.807, 2.05) is 18.2 Å². The summed E-state index contributed by atoms with van der Waals surface area (Å²) in [7, 11) is 6.49. The molecule has 9 nitrogen and oxygen atoms in total. The lowest BCUT2D eigenvalue weighted by atomic mass is 9.92. The van der Waals surface area contributed by atoms with E-state index in [9.17, 15) is 9.59 Å². The van der Waals surface area contributed by atoms with E-state index in [2.05, 4.69) is 0 Å². The molecular formula is C25H27NO8. The number of esters is 2. The number of nitrogens with zero attached hydrogens (tertiary/aromatic N) is 1. The predicted molar refractivity (Wildman–Crippen MR) is 122 cm³/mol. The molecule has 2 aromatic rings. The lowest BCUT2D eigenvalue weighted by Crippen LogP contribution is -2.25. The van der Waals surface area contributed by atoms with Crippen molar-refractivity contribution in [2.75, 3.05) is 48.3 Å². The topological polar surface area (TPSA) is 92.8 Å². The highest BCUT2D eigenvalue weighted by Gasteiger charge is 2.31. The minimum atomic E-state index is -0.448. The van der Waals surface area contributed by atoms with Crippen LogP contribution in [0.2, 0.25) is 0 Å². The number of methoxy groups -OCH3 is 2. The first-order valence-electron chi connectivity index (χ1n) is 10.8. The Kier molecular flexibility index (Phi) is 6.93. The van der Waals surface area contributed by atoms with Crippen molar-refractivity contribution < 1.29 is 38.0 Å². The summed E-state index contributed by atoms with van der Waals surface area (Å²) in [4.78, 5) is 26.4. The van der Waals surface area contributed by atoms with Gasteiger partial charge >= 0.3 is 11.9 Å². The number of carbonyl (C=O) groups is 2. The lowest BCUT2D eigenvalue weighted by Gasteiger charge is -2.16. The van der Waals surface area contributed by atoms with Crippen molar-refractivity contribution in [2.45, 2.75) is 6.42 Å². The molecule has 2 aliphatic heterocycles. The average Bonchev–Trinajstić information content (AvgIpc) is 3.40. The number of cyclic esters (lactones) is 1. The normalized spacial score (nSPS) is 17.7. The number of likely N-dealkylation sites (N-methyl/N-ethyl adjacent to an activating group) is 1. The van der Waals surface area contributed by atoms with Crippen LogP contribution in [-0.2, 0) is 20.7 Å². The van der Waals surface area contributed by atoms with E-state index in [4.69, 9.17) is 28.4 Å². The Morgan fingerprint density at radius 1 is 1.06 bits per heavy atom. The minimum absolute atomic E-state index is 0.103. The molecule has 1 unspecified atom stereocenters. The van der Waals surface area contributed by atoms with Crippen LogP contribution in [0.25, 0.3) is 6.08 Å². The minimum Gasteiger partial charge on any atom is -0.493 e. The number of carbonyl (C=O) groups excluding carboxylic acids is 2. The summed E-state index contributed by atoms with van der Waals surface area (Å²) in [6.45, 7) is 0.595. The van der Waals surface area contributed by atoms with Crippen molar-refractivity contribution in [3.63, 3.8) is 0 Å². The van der Waals surface area contributed by atoms with Crippen molar-refractivity contribution in [1.29, 1.82) is 0 Å². The Morgan fingerprint density at radius 2 is 1.76 bits per heavy atom. The standard InChI is InChI=1S/C25H27NO8/c1-26(2)12-23(27)34-24-21(29-3)10-16(11-22(24)30-4)8-18-17(13-31-25(18)28)7-15-5-6-19-20(9-15)33-14-32-19/h5-6,8-11,17H,7,12-14H2,1-4H3/b18-8-. The predicted octanol–water partition coefficient (Wildman–Crippen LogP) is 2.70. The Morgan fingerprint density at radius 3 is 2.44 bits per heavy atom. The highest BCUT2D eigenvalue weighted by atomic mass is 16.7. The summed E-state index contributed by atoms with van der Waals surface area (Å²) in [6.07, 6.45) is 2.35. The van der Waals surface area contributed by atoms with Gasteiger partial charge in [-0.2, -0.15) is 0 Å². The molecule has 34 heavy (non-hydrogen) atoms. The molecule has 0 amide bonds. The quantitative estimate of drug-likeness (QED) is 0.329. The molecule has 0 radical (unpaired) electrons. The third-order valence-corrected chi connectivity index (χ3v) is 5.48. The van der Waals surface area contributed by atoms with Crippen LogP contribution >= 0.6 is 0 Å². The highest BCUT2D eigenvalue weighted by Crippen LogP contribution is 2.40. The van der Waals surface area contributed by atoms with Crippen molar-refractivity contribution in [3.8, 4) is 28.7 Å². The van der Waals surface area contributed by atoms with Gasteiger partial charge in [0.25, 0.3) is 0 Å². The smallest absolute Gasteiger partial charge is 0.334 e. The highest BCUT2D eigenvalue weighted by molar-refractivity contribution is 5.96. The molecule has 0 spiro atoms. The van der Waals surface area contributed by atoms with Crippen LogP contribution in [0.4, 0.5) is 0 Å². The zero-order chi connectivity index (χ0) is 24.2. The molecule has 2 heterocycles. The SMILES string of the molecule is COc1cc(/C=C2\C(=O)OCC2Cc2ccc3c(c2)OCO3)cc(OC)c1OC(=O)CN(C)C. The molecule has 2 aliphatic rings. The van der Waals surface area contributed by atoms with E-state index in [1.165, 1.54) is 14.2 Å². The summed E-state index contributed by atoms with van der Waals surface area (Å²) in [5.74, 6) is 1.27. The Hall–Kier alpha value is -3.72. The maximum atomic E-state index is 12.5. The fraction of sp³-hybridized carbons (Fsp3) is 0.360. The number of ether oxygens (including phenoxy) is 6. The molecule has 1 saturated heterocycles. The number of benzene rings is 2. The first-order chi connectivity index (χ1) is 16.4. The molecule has 0 aliphatic carbocycles. The largest absolute Gasteiger partial charge is 0.493 e. The molecule has 180 valence electrons. The van der Waals surface area contributed by atoms with Crippen LogP contribution in [0, 0.1) is 5.92 Å². The van der Waals surface area contributed by atoms with Crippen molar-refractivity contribution in [3.05, 3.63) is 47.0 Å². The summed E-state index contributed by atoms with van der Waals surface area (Å²) in [6, 6.07) is 9.13. The van der Waals surface area contributed by atoms with Gasteiger partial charge < -0.3 is 28.4 Å². The second-order valence-electron chi connectivity index (χ2n) is 8.25. The van der Waals surface area contributed by atoms with Crippen molar-refractivity contribution >= 4 is 18.0 Å². The summed E-state index contributed by atoms with van der Waals surface area (Å²) >= 11 is 0. The van der Waals surface area contributed by atoms with Gasteiger partial charge in [0.2, 0.25) is 12.5 Å². The molecule has 0 N–H and O–H groups in total. The van der Waals surface area contributed by atoms with E-state index >= 15 is 0 Å². The van der Waals surface area contributed by atoms with Crippen LogP contribution in [-0.4, -0.2) is 65.1 Å². The maximum absolute atomic E-state index is 12.5. The van der Waals surface area contributed by atoms with Gasteiger partial charge in [0.1, 0.15) is 0 Å². The fourth-order valence-corrected chi connectivity index (χ4v) is 3.88. The second-order valence-corrected chi connectivity index (χ2v) is 8.25. The van der Waals surface area contributed by atoms with Gasteiger partial charge in [-0.05, 0) is 62.0 Å². The lowest BCUT2D eigenvalue weighted by molar-refractivity contribution is -0.136. The zero-order valence-corrected chi connectivity index (χ0v) is 19.6. The molecule has 0 aromatic heterocycles. The first kappa shape index (κ1) is 23.4. The summed E-state index contributed by atoms with van der Waals surface area (Å²) < 4.78 is 32.6. The molecule has 1 fully saturated rings. The fourth-order valence-electron chi connectivity index (χ4n) is 3.88. The number of hydrogen-bond donors (Lipinski definition) is 0. The average molecular weight is 469 g/mol. The third kappa shape index (κ3) is 5.09. The van der Waals surface area contributed by atoms with Crippen molar-refractivity contribution in [2.24, 2.45) is 5.92 Å². The molecule has 0 bridgehead atoms. The van der Waals surface area contributed by atoms with Gasteiger partial charge in [-0.1, -0.05) is 6.07 Å². The van der Waals surface area contributed by atoms with Gasteiger partial charge in [-0.3, -0.25) is 9.69 Å². The maximum Gasteiger partial charge on any atom is 0.334 e. The van der Waals surface area contributed by atoms with E-state index in [-0.39, 0.29) is 37.6 Å². The Bertz CT molecular complexity index is 1100. The molecule has 1 atom stereocenters. The van der Waals surface area contributed by atoms with Gasteiger partial charge in [-0.15, -0.1) is 0 Å². The van der Waals surface area contributed by atoms with E-state index in [0.29, 0.717) is 40.6 Å². The van der Waals surface area contributed by atoms with Crippen LogP contribution in [0.3, 0.4) is 0 Å². The monoisotopic (exact) mass is 469 g/mol. The summed E-state index contributed by atoms with van der Waals surface area (Å²) in [5, 5.41) is 0. The Balaban J connectivity index is 1.60. The molecular weight excluding hydrogens is 442 g/mol. The Labute approximate surface area is 197 Å². The second kappa shape index (κ2) is 10.0. The van der Waals surface area contributed by atoms with E-state index < -0.39 is 5.97 Å². The summed E-state index contributed by atoms with van der Waals surface area (Å²) in [5.41, 5.74) is 2.21. The van der Waals surface area contributed by atoms with Gasteiger partial charge in [0.05, 0.1) is 27.4 Å². The zero-order valence-electron chi connectivity index (χ0n) is 19.6. The van der Waals surface area contributed by atoms with Crippen LogP contribution in [0.15, 0.2) is 35.9 Å². The molecule has 2 aromatic carbocycles. The molecule has 9 heteroatoms. The van der Waals surface area contributed by atoms with Crippen LogP contribution in [0.1, 0.15) is 11.1 Å². The van der Waals surface area contributed by atoms with E-state index in [1.54, 1.807) is 37.2 Å². The van der Waals surface area contributed by atoms with Crippen LogP contribution in [0.5, 0.6) is 28.7 Å². The van der Waals surface area contributed by atoms with Crippen molar-refractivity contribution in [1.82, 2.24) is 4.90 Å². The van der Waals surface area contributed by atoms with Gasteiger partial charge in [0.15, 0.2) is 23.0 Å². The number of rotatable bonds is 8. The number of hydrogen-bond acceptors (Lipinski definition) is 9. The van der Waals surface area contributed by atoms with Gasteiger partial charge in [-0.25, -0.2) is 4.79 Å². The third-order valence-electron chi connectivity index (χ3n) is 5.48. The molecule has 4 rings (SSSR count). The first-order valence-corrected chi connectivity index (χ1v) is 10.8. The van der Waals surface area contributed by atoms with E-state index in [0.717, 1.165) is 5.56 Å². The van der Waals surface area contributed by atoms with Crippen LogP contribution < -0.4 is 23.7 Å². The number of fused-ring (bicyclic) bond motifs is 1. The van der Waals surface area contributed by atoms with Gasteiger partial charge in [0, 0.05) is 11.5 Å².